The first kappa shape index (κ1) is 16.7. The Labute approximate surface area is 122 Å². The number of carbonyl (C=O) groups is 1. The third-order valence-electron chi connectivity index (χ3n) is 2.69. The molecule has 0 radical (unpaired) electrons. The number of nitrogens with one attached hydrogen (secondary N) is 1. The molecule has 1 aromatic rings. The first-order chi connectivity index (χ1) is 9.26. The maximum atomic E-state index is 13.6. The predicted molar refractivity (Wildman–Crippen MR) is 77.0 cm³/mol. The third kappa shape index (κ3) is 4.64. The molecule has 0 aliphatic rings. The van der Waals surface area contributed by atoms with Gasteiger partial charge in [-0.15, -0.1) is 11.6 Å². The zero-order valence-electron chi connectivity index (χ0n) is 10.9. The predicted octanol–water partition coefficient (Wildman–Crippen LogP) is 1.99. The average Bonchev–Trinajstić information content (AvgIpc) is 2.34. The van der Waals surface area contributed by atoms with Crippen LogP contribution in [0.1, 0.15) is 28.8 Å². The smallest absolute Gasteiger partial charge is 0.248 e. The molecule has 0 aliphatic carbocycles. The largest absolute Gasteiger partial charge is 0.366 e. The van der Waals surface area contributed by atoms with E-state index in [-0.39, 0.29) is 22.6 Å². The summed E-state index contributed by atoms with van der Waals surface area (Å²) in [4.78, 5) is 11.1. The monoisotopic (exact) mass is 322 g/mol. The van der Waals surface area contributed by atoms with E-state index in [9.17, 15) is 17.6 Å². The molecule has 0 aromatic heterocycles. The van der Waals surface area contributed by atoms with Crippen LogP contribution in [0, 0.1) is 12.7 Å². The summed E-state index contributed by atoms with van der Waals surface area (Å²) in [6.07, 6.45) is 0.965. The molecule has 0 heterocycles. The number of anilines is 1. The van der Waals surface area contributed by atoms with E-state index in [1.165, 1.54) is 13.0 Å². The second kappa shape index (κ2) is 6.90. The van der Waals surface area contributed by atoms with Crippen LogP contribution < -0.4 is 10.5 Å². The van der Waals surface area contributed by atoms with Crippen molar-refractivity contribution < 1.29 is 17.6 Å². The number of primary amides is 1. The summed E-state index contributed by atoms with van der Waals surface area (Å²) in [5.41, 5.74) is 5.10. The Morgan fingerprint density at radius 3 is 2.60 bits per heavy atom. The molecule has 1 aromatic carbocycles. The Kier molecular flexibility index (Phi) is 5.76. The Hall–Kier alpha value is -1.34. The highest BCUT2D eigenvalue weighted by Gasteiger charge is 2.16. The fourth-order valence-electron chi connectivity index (χ4n) is 1.53. The van der Waals surface area contributed by atoms with Crippen molar-refractivity contribution in [3.8, 4) is 0 Å². The number of unbranched alkanes of at least 4 members (excludes halogenated alkanes) is 1. The molecule has 20 heavy (non-hydrogen) atoms. The van der Waals surface area contributed by atoms with E-state index < -0.39 is 21.7 Å². The molecule has 0 spiro atoms. The zero-order chi connectivity index (χ0) is 15.3. The molecule has 1 rings (SSSR count). The number of hydrogen-bond acceptors (Lipinski definition) is 3. The minimum atomic E-state index is -3.62. The van der Waals surface area contributed by atoms with Gasteiger partial charge in [-0.1, -0.05) is 0 Å². The van der Waals surface area contributed by atoms with Gasteiger partial charge in [0.2, 0.25) is 15.9 Å². The van der Waals surface area contributed by atoms with Crippen LogP contribution in [0.3, 0.4) is 0 Å². The molecule has 0 aliphatic heterocycles. The number of rotatable bonds is 7. The van der Waals surface area contributed by atoms with Gasteiger partial charge in [0, 0.05) is 17.0 Å². The van der Waals surface area contributed by atoms with Crippen molar-refractivity contribution in [3.63, 3.8) is 0 Å². The number of alkyl halides is 1. The molecule has 1 amide bonds. The van der Waals surface area contributed by atoms with E-state index in [1.54, 1.807) is 0 Å². The molecule has 0 saturated carbocycles. The van der Waals surface area contributed by atoms with Gasteiger partial charge in [0.25, 0.3) is 0 Å². The number of carbonyl (C=O) groups excluding carboxylic acids is 1. The highest BCUT2D eigenvalue weighted by molar-refractivity contribution is 7.92. The summed E-state index contributed by atoms with van der Waals surface area (Å²) in [6, 6.07) is 2.20. The second-order valence-electron chi connectivity index (χ2n) is 4.31. The minimum Gasteiger partial charge on any atom is -0.366 e. The van der Waals surface area contributed by atoms with Gasteiger partial charge in [-0.3, -0.25) is 9.52 Å². The Bertz CT molecular complexity index is 605. The second-order valence-corrected chi connectivity index (χ2v) is 6.53. The Balaban J connectivity index is 2.99. The van der Waals surface area contributed by atoms with E-state index in [0.29, 0.717) is 18.7 Å². The van der Waals surface area contributed by atoms with E-state index >= 15 is 0 Å². The number of sulfonamides is 1. The van der Waals surface area contributed by atoms with Gasteiger partial charge in [0.05, 0.1) is 11.4 Å². The highest BCUT2D eigenvalue weighted by Crippen LogP contribution is 2.22. The van der Waals surface area contributed by atoms with Crippen molar-refractivity contribution in [3.05, 3.63) is 29.1 Å². The number of amides is 1. The molecule has 5 nitrogen and oxygen atoms in total. The van der Waals surface area contributed by atoms with Gasteiger partial charge < -0.3 is 5.73 Å². The lowest BCUT2D eigenvalue weighted by Crippen LogP contribution is -2.19. The van der Waals surface area contributed by atoms with Gasteiger partial charge in [0.1, 0.15) is 5.82 Å². The number of nitrogens with two attached hydrogens (primary N) is 1. The lowest BCUT2D eigenvalue weighted by molar-refractivity contribution is 0.1000. The molecular weight excluding hydrogens is 307 g/mol. The van der Waals surface area contributed by atoms with Crippen LogP contribution in [0.2, 0.25) is 0 Å². The summed E-state index contributed by atoms with van der Waals surface area (Å²) >= 11 is 5.48. The van der Waals surface area contributed by atoms with Crippen LogP contribution in [-0.2, 0) is 10.0 Å². The van der Waals surface area contributed by atoms with Gasteiger partial charge >= 0.3 is 0 Å². The fourth-order valence-corrected chi connectivity index (χ4v) is 2.95. The maximum absolute atomic E-state index is 13.6. The van der Waals surface area contributed by atoms with E-state index in [0.717, 1.165) is 6.07 Å². The van der Waals surface area contributed by atoms with Crippen molar-refractivity contribution in [2.45, 2.75) is 19.8 Å². The van der Waals surface area contributed by atoms with Crippen LogP contribution >= 0.6 is 11.6 Å². The van der Waals surface area contributed by atoms with E-state index in [4.69, 9.17) is 17.3 Å². The molecule has 0 fully saturated rings. The van der Waals surface area contributed by atoms with Crippen LogP contribution in [0.15, 0.2) is 12.1 Å². The van der Waals surface area contributed by atoms with Crippen LogP contribution in [0.25, 0.3) is 0 Å². The maximum Gasteiger partial charge on any atom is 0.248 e. The summed E-state index contributed by atoms with van der Waals surface area (Å²) < 4.78 is 39.5. The van der Waals surface area contributed by atoms with Crippen molar-refractivity contribution >= 4 is 33.2 Å². The first-order valence-corrected chi connectivity index (χ1v) is 8.12. The van der Waals surface area contributed by atoms with E-state index in [2.05, 4.69) is 4.72 Å². The average molecular weight is 323 g/mol. The normalized spacial score (nSPS) is 11.3. The van der Waals surface area contributed by atoms with Crippen LogP contribution in [-0.4, -0.2) is 26.0 Å². The quantitative estimate of drug-likeness (QED) is 0.594. The van der Waals surface area contributed by atoms with Gasteiger partial charge in [-0.05, 0) is 31.9 Å². The van der Waals surface area contributed by atoms with Crippen molar-refractivity contribution in [1.29, 1.82) is 0 Å². The summed E-state index contributed by atoms with van der Waals surface area (Å²) in [5.74, 6) is -1.27. The number of halogens is 2. The molecule has 0 unspecified atom stereocenters. The lowest BCUT2D eigenvalue weighted by Gasteiger charge is -2.12. The fraction of sp³-hybridized carbons (Fsp3) is 0.417. The minimum absolute atomic E-state index is 0.0182. The zero-order valence-corrected chi connectivity index (χ0v) is 12.5. The molecule has 0 bridgehead atoms. The Morgan fingerprint density at radius 1 is 1.40 bits per heavy atom. The van der Waals surface area contributed by atoms with Crippen molar-refractivity contribution in [2.24, 2.45) is 5.73 Å². The van der Waals surface area contributed by atoms with Crippen LogP contribution in [0.5, 0.6) is 0 Å². The third-order valence-corrected chi connectivity index (χ3v) is 4.32. The van der Waals surface area contributed by atoms with E-state index in [1.807, 2.05) is 0 Å². The number of hydrogen-bond donors (Lipinski definition) is 2. The van der Waals surface area contributed by atoms with Gasteiger partial charge in [0.15, 0.2) is 0 Å². The van der Waals surface area contributed by atoms with Gasteiger partial charge in [-0.2, -0.15) is 0 Å². The molecule has 0 saturated heterocycles. The number of benzene rings is 1. The van der Waals surface area contributed by atoms with Crippen LogP contribution in [0.4, 0.5) is 10.1 Å². The summed E-state index contributed by atoms with van der Waals surface area (Å²) in [7, 11) is -3.62. The molecule has 3 N–H and O–H groups in total. The van der Waals surface area contributed by atoms with Crippen molar-refractivity contribution in [1.82, 2.24) is 0 Å². The molecule has 8 heteroatoms. The van der Waals surface area contributed by atoms with Crippen molar-refractivity contribution in [2.75, 3.05) is 16.4 Å². The summed E-state index contributed by atoms with van der Waals surface area (Å²) in [6.45, 7) is 1.41. The highest BCUT2D eigenvalue weighted by atomic mass is 35.5. The first-order valence-electron chi connectivity index (χ1n) is 5.93. The Morgan fingerprint density at radius 2 is 2.05 bits per heavy atom. The SMILES string of the molecule is Cc1c(F)cc(C(N)=O)cc1NS(=O)(=O)CCCCCl. The standard InChI is InChI=1S/C12H16ClFN2O3S/c1-8-10(14)6-9(12(15)17)7-11(8)16-20(18,19)5-3-2-4-13/h6-7,16H,2-5H2,1H3,(H2,15,17). The molecule has 112 valence electrons. The molecule has 0 atom stereocenters. The van der Waals surface area contributed by atoms with Gasteiger partial charge in [-0.25, -0.2) is 12.8 Å². The topological polar surface area (TPSA) is 89.3 Å². The lowest BCUT2D eigenvalue weighted by atomic mass is 10.1. The summed E-state index contributed by atoms with van der Waals surface area (Å²) in [5, 5.41) is 0. The molecular formula is C12H16ClFN2O3S.